The zero-order valence-electron chi connectivity index (χ0n) is 11.1. The predicted octanol–water partition coefficient (Wildman–Crippen LogP) is 4.21. The monoisotopic (exact) mass is 440 g/mol. The predicted molar refractivity (Wildman–Crippen MR) is 95.1 cm³/mol. The number of carbonyl (C=O) groups is 1. The van der Waals surface area contributed by atoms with Gasteiger partial charge in [-0.25, -0.2) is 9.97 Å². The summed E-state index contributed by atoms with van der Waals surface area (Å²) in [4.78, 5) is 23.6. The third kappa shape index (κ3) is 3.88. The van der Waals surface area contributed by atoms with Crippen molar-refractivity contribution in [3.8, 4) is 0 Å². The van der Waals surface area contributed by atoms with E-state index < -0.39 is 0 Å². The number of rotatable bonds is 4. The second kappa shape index (κ2) is 6.80. The van der Waals surface area contributed by atoms with Gasteiger partial charge in [-0.2, -0.15) is 0 Å². The van der Waals surface area contributed by atoms with Gasteiger partial charge in [-0.1, -0.05) is 33.8 Å². The molecule has 0 spiro atoms. The molecule has 2 heterocycles. The van der Waals surface area contributed by atoms with Crippen molar-refractivity contribution in [3.63, 3.8) is 0 Å². The number of anilines is 1. The number of aromatic nitrogens is 3. The summed E-state index contributed by atoms with van der Waals surface area (Å²) in [7, 11) is 0. The maximum absolute atomic E-state index is 12.0. The van der Waals surface area contributed by atoms with E-state index >= 15 is 0 Å². The molecule has 0 aliphatic rings. The summed E-state index contributed by atoms with van der Waals surface area (Å²) in [6, 6.07) is 9.38. The van der Waals surface area contributed by atoms with Crippen molar-refractivity contribution in [1.29, 1.82) is 0 Å². The number of H-pyrrole nitrogens is 1. The molecule has 0 aliphatic carbocycles. The molecule has 2 aromatic heterocycles. The Labute approximate surface area is 147 Å². The highest BCUT2D eigenvalue weighted by atomic mass is 79.9. The smallest absolute Gasteiger partial charge is 0.234 e. The Morgan fingerprint density at radius 1 is 1.27 bits per heavy atom. The molecule has 8 heteroatoms. The fourth-order valence-corrected chi connectivity index (χ4v) is 3.22. The van der Waals surface area contributed by atoms with E-state index in [1.165, 1.54) is 11.8 Å². The molecule has 5 nitrogen and oxygen atoms in total. The van der Waals surface area contributed by atoms with Crippen LogP contribution in [0.4, 0.5) is 5.69 Å². The summed E-state index contributed by atoms with van der Waals surface area (Å²) in [5.74, 6) is 0.186. The molecule has 0 radical (unpaired) electrons. The molecule has 0 saturated heterocycles. The first-order chi connectivity index (χ1) is 10.6. The lowest BCUT2D eigenvalue weighted by Gasteiger charge is -2.04. The minimum absolute atomic E-state index is 0.0855. The number of aromatic amines is 1. The van der Waals surface area contributed by atoms with Gasteiger partial charge in [0, 0.05) is 20.8 Å². The first-order valence-electron chi connectivity index (χ1n) is 6.29. The number of thioether (sulfide) groups is 1. The van der Waals surface area contributed by atoms with Crippen LogP contribution in [0.5, 0.6) is 0 Å². The van der Waals surface area contributed by atoms with Crippen molar-refractivity contribution >= 4 is 66.4 Å². The fraction of sp³-hybridized carbons (Fsp3) is 0.0714. The van der Waals surface area contributed by atoms with Crippen LogP contribution in [0.3, 0.4) is 0 Å². The van der Waals surface area contributed by atoms with Crippen LogP contribution in [0.15, 0.2) is 50.6 Å². The van der Waals surface area contributed by atoms with Crippen molar-refractivity contribution in [1.82, 2.24) is 15.0 Å². The van der Waals surface area contributed by atoms with E-state index in [-0.39, 0.29) is 11.7 Å². The molecular weight excluding hydrogens is 432 g/mol. The molecule has 0 fully saturated rings. The van der Waals surface area contributed by atoms with E-state index in [4.69, 9.17) is 0 Å². The lowest BCUT2D eigenvalue weighted by molar-refractivity contribution is -0.113. The van der Waals surface area contributed by atoms with Crippen LogP contribution in [0.25, 0.3) is 11.2 Å². The number of nitrogens with one attached hydrogen (secondary N) is 2. The van der Waals surface area contributed by atoms with Gasteiger partial charge < -0.3 is 10.3 Å². The molecule has 3 rings (SSSR count). The van der Waals surface area contributed by atoms with E-state index in [1.54, 1.807) is 6.20 Å². The normalized spacial score (nSPS) is 10.8. The molecule has 0 unspecified atom stereocenters. The largest absolute Gasteiger partial charge is 0.331 e. The van der Waals surface area contributed by atoms with E-state index in [0.717, 1.165) is 20.1 Å². The molecule has 1 amide bonds. The van der Waals surface area contributed by atoms with Crippen molar-refractivity contribution in [3.05, 3.63) is 45.5 Å². The third-order valence-electron chi connectivity index (χ3n) is 2.73. The fourth-order valence-electron chi connectivity index (χ4n) is 1.82. The van der Waals surface area contributed by atoms with Crippen LogP contribution in [-0.2, 0) is 4.79 Å². The first kappa shape index (κ1) is 15.5. The zero-order valence-corrected chi connectivity index (χ0v) is 15.1. The number of fused-ring (bicyclic) bond motifs is 1. The highest BCUT2D eigenvalue weighted by molar-refractivity contribution is 9.10. The number of nitrogens with zero attached hydrogens (tertiary/aromatic N) is 2. The van der Waals surface area contributed by atoms with Gasteiger partial charge in [-0.05, 0) is 40.2 Å². The molecule has 112 valence electrons. The Balaban J connectivity index is 1.62. The minimum Gasteiger partial charge on any atom is -0.331 e. The van der Waals surface area contributed by atoms with Gasteiger partial charge in [0.2, 0.25) is 5.91 Å². The van der Waals surface area contributed by atoms with Crippen LogP contribution in [-0.4, -0.2) is 26.6 Å². The first-order valence-corrected chi connectivity index (χ1v) is 8.87. The van der Waals surface area contributed by atoms with Gasteiger partial charge in [0.15, 0.2) is 10.8 Å². The van der Waals surface area contributed by atoms with Gasteiger partial charge in [-0.3, -0.25) is 4.79 Å². The van der Waals surface area contributed by atoms with E-state index in [1.807, 2.05) is 30.3 Å². The van der Waals surface area contributed by atoms with Crippen LogP contribution < -0.4 is 5.32 Å². The van der Waals surface area contributed by atoms with Crippen molar-refractivity contribution in [2.45, 2.75) is 5.16 Å². The molecule has 0 saturated carbocycles. The lowest BCUT2D eigenvalue weighted by Crippen LogP contribution is -2.14. The third-order valence-corrected chi connectivity index (χ3v) is 4.53. The van der Waals surface area contributed by atoms with Gasteiger partial charge >= 0.3 is 0 Å². The van der Waals surface area contributed by atoms with Crippen molar-refractivity contribution < 1.29 is 4.79 Å². The molecule has 0 aliphatic heterocycles. The Morgan fingerprint density at radius 3 is 2.95 bits per heavy atom. The number of benzene rings is 1. The highest BCUT2D eigenvalue weighted by Gasteiger charge is 2.08. The highest BCUT2D eigenvalue weighted by Crippen LogP contribution is 2.21. The molecule has 1 aromatic carbocycles. The Kier molecular flexibility index (Phi) is 4.80. The lowest BCUT2D eigenvalue weighted by atomic mass is 10.3. The van der Waals surface area contributed by atoms with Crippen LogP contribution >= 0.6 is 43.6 Å². The molecule has 3 aromatic rings. The SMILES string of the molecule is O=C(CSc1nc2ncc(Br)cc2[nH]1)Nc1cccc(Br)c1. The number of halogens is 2. The maximum atomic E-state index is 12.0. The standard InChI is InChI=1S/C14H10Br2N4OS/c15-8-2-1-3-10(4-8)18-12(21)7-22-14-19-11-5-9(16)6-17-13(11)20-14/h1-6H,7H2,(H,18,21)(H,17,19,20). The summed E-state index contributed by atoms with van der Waals surface area (Å²) in [6.07, 6.45) is 1.69. The second-order valence-corrected chi connectivity index (χ2v) is 7.21. The van der Waals surface area contributed by atoms with E-state index in [9.17, 15) is 4.79 Å². The Morgan fingerprint density at radius 2 is 2.14 bits per heavy atom. The summed E-state index contributed by atoms with van der Waals surface area (Å²) >= 11 is 8.07. The van der Waals surface area contributed by atoms with Gasteiger partial charge in [0.1, 0.15) is 0 Å². The zero-order chi connectivity index (χ0) is 15.5. The molecule has 0 atom stereocenters. The number of imidazole rings is 1. The summed E-state index contributed by atoms with van der Waals surface area (Å²) in [5, 5.41) is 3.51. The number of pyridine rings is 1. The molecule has 22 heavy (non-hydrogen) atoms. The van der Waals surface area contributed by atoms with Gasteiger partial charge in [-0.15, -0.1) is 0 Å². The van der Waals surface area contributed by atoms with Crippen molar-refractivity contribution in [2.75, 3.05) is 11.1 Å². The average Bonchev–Trinajstić information content (AvgIpc) is 2.87. The minimum atomic E-state index is -0.0855. The number of carbonyl (C=O) groups excluding carboxylic acids is 1. The van der Waals surface area contributed by atoms with Gasteiger partial charge in [0.05, 0.1) is 11.3 Å². The van der Waals surface area contributed by atoms with Gasteiger partial charge in [0.25, 0.3) is 0 Å². The number of amides is 1. The summed E-state index contributed by atoms with van der Waals surface area (Å²) in [5.41, 5.74) is 2.23. The maximum Gasteiger partial charge on any atom is 0.234 e. The quantitative estimate of drug-likeness (QED) is 0.594. The van der Waals surface area contributed by atoms with Crippen LogP contribution in [0.1, 0.15) is 0 Å². The average molecular weight is 442 g/mol. The topological polar surface area (TPSA) is 70.7 Å². The molecule has 2 N–H and O–H groups in total. The number of hydrogen-bond donors (Lipinski definition) is 2. The Bertz CT molecular complexity index is 837. The van der Waals surface area contributed by atoms with E-state index in [0.29, 0.717) is 10.8 Å². The summed E-state index contributed by atoms with van der Waals surface area (Å²) < 4.78 is 1.81. The molecule has 0 bridgehead atoms. The van der Waals surface area contributed by atoms with Crippen LogP contribution in [0.2, 0.25) is 0 Å². The summed E-state index contributed by atoms with van der Waals surface area (Å²) in [6.45, 7) is 0. The van der Waals surface area contributed by atoms with Crippen molar-refractivity contribution in [2.24, 2.45) is 0 Å². The molecular formula is C14H10Br2N4OS. The Hall–Kier alpha value is -1.38. The van der Waals surface area contributed by atoms with Crippen LogP contribution in [0, 0.1) is 0 Å². The second-order valence-electron chi connectivity index (χ2n) is 4.41. The van der Waals surface area contributed by atoms with E-state index in [2.05, 4.69) is 52.1 Å². The number of hydrogen-bond acceptors (Lipinski definition) is 4.